The predicted molar refractivity (Wildman–Crippen MR) is 108 cm³/mol. The van der Waals surface area contributed by atoms with Gasteiger partial charge in [-0.05, 0) is 40.5 Å². The Balaban J connectivity index is 1.70. The summed E-state index contributed by atoms with van der Waals surface area (Å²) in [6, 6.07) is 25.4. The van der Waals surface area contributed by atoms with Crippen LogP contribution >= 0.6 is 0 Å². The number of hydrogen-bond donors (Lipinski definition) is 0. The third kappa shape index (κ3) is 4.57. The molecule has 26 heavy (non-hydrogen) atoms. The quantitative estimate of drug-likeness (QED) is 0.398. The monoisotopic (exact) mass is 332 g/mol. The second-order valence-electron chi connectivity index (χ2n) is 5.78. The summed E-state index contributed by atoms with van der Waals surface area (Å²) in [6.45, 7) is 7.06. The van der Waals surface area contributed by atoms with Gasteiger partial charge in [0.15, 0.2) is 5.69 Å². The SMILES string of the molecule is [C-]#[N+]c1cccc(/C=C/c2ccc(/C=C/c3cccc(C#N)c3)cc2)c1. The van der Waals surface area contributed by atoms with Crippen LogP contribution in [0.5, 0.6) is 0 Å². The van der Waals surface area contributed by atoms with Crippen molar-refractivity contribution in [3.8, 4) is 6.07 Å². The molecule has 0 saturated carbocycles. The topological polar surface area (TPSA) is 28.1 Å². The van der Waals surface area contributed by atoms with Gasteiger partial charge in [0.1, 0.15) is 0 Å². The van der Waals surface area contributed by atoms with Crippen molar-refractivity contribution >= 4 is 30.0 Å². The van der Waals surface area contributed by atoms with E-state index >= 15 is 0 Å². The molecule has 0 heterocycles. The Morgan fingerprint density at radius 3 is 1.81 bits per heavy atom. The standard InChI is InChI=1S/C24H16N2/c1-26-24-7-3-5-22(17-24)15-13-20-10-8-19(9-11-20)12-14-21-4-2-6-23(16-21)18-25/h2-17H/b14-12+,15-13+. The fourth-order valence-electron chi connectivity index (χ4n) is 2.51. The first-order valence-corrected chi connectivity index (χ1v) is 8.21. The van der Waals surface area contributed by atoms with Crippen LogP contribution in [0.2, 0.25) is 0 Å². The lowest BCUT2D eigenvalue weighted by Gasteiger charge is -1.98. The van der Waals surface area contributed by atoms with Gasteiger partial charge in [-0.1, -0.05) is 78.9 Å². The second kappa shape index (κ2) is 8.29. The van der Waals surface area contributed by atoms with E-state index in [1.807, 2.05) is 60.7 Å². The van der Waals surface area contributed by atoms with E-state index < -0.39 is 0 Å². The molecule has 0 atom stereocenters. The van der Waals surface area contributed by atoms with Crippen LogP contribution in [0.1, 0.15) is 27.8 Å². The van der Waals surface area contributed by atoms with E-state index in [1.54, 1.807) is 12.1 Å². The largest absolute Gasteiger partial charge is 0.238 e. The van der Waals surface area contributed by atoms with Crippen LogP contribution in [0.25, 0.3) is 29.1 Å². The summed E-state index contributed by atoms with van der Waals surface area (Å²) >= 11 is 0. The van der Waals surface area contributed by atoms with Crippen molar-refractivity contribution in [3.05, 3.63) is 112 Å². The maximum absolute atomic E-state index is 8.94. The van der Waals surface area contributed by atoms with Crippen LogP contribution in [0.3, 0.4) is 0 Å². The Morgan fingerprint density at radius 2 is 1.23 bits per heavy atom. The first kappa shape index (κ1) is 17.0. The van der Waals surface area contributed by atoms with Crippen LogP contribution < -0.4 is 0 Å². The van der Waals surface area contributed by atoms with Crippen molar-refractivity contribution in [2.24, 2.45) is 0 Å². The molecule has 0 N–H and O–H groups in total. The van der Waals surface area contributed by atoms with Crippen molar-refractivity contribution in [1.29, 1.82) is 5.26 Å². The molecule has 0 saturated heterocycles. The third-order valence-corrected chi connectivity index (χ3v) is 3.89. The van der Waals surface area contributed by atoms with E-state index in [1.165, 1.54) is 0 Å². The molecule has 0 unspecified atom stereocenters. The van der Waals surface area contributed by atoms with Crippen molar-refractivity contribution in [2.75, 3.05) is 0 Å². The number of hydrogen-bond acceptors (Lipinski definition) is 1. The molecule has 0 amide bonds. The summed E-state index contributed by atoms with van der Waals surface area (Å²) in [5.41, 5.74) is 5.52. The van der Waals surface area contributed by atoms with Gasteiger partial charge in [-0.2, -0.15) is 5.26 Å². The van der Waals surface area contributed by atoms with E-state index in [2.05, 4.69) is 35.2 Å². The molecule has 3 rings (SSSR count). The molecule has 122 valence electrons. The zero-order valence-electron chi connectivity index (χ0n) is 14.1. The van der Waals surface area contributed by atoms with Gasteiger partial charge >= 0.3 is 0 Å². The van der Waals surface area contributed by atoms with Gasteiger partial charge in [-0.25, -0.2) is 4.85 Å². The average Bonchev–Trinajstić information content (AvgIpc) is 2.72. The average molecular weight is 332 g/mol. The molecule has 2 nitrogen and oxygen atoms in total. The molecular weight excluding hydrogens is 316 g/mol. The molecule has 0 aliphatic carbocycles. The highest BCUT2D eigenvalue weighted by Crippen LogP contribution is 2.17. The highest BCUT2D eigenvalue weighted by molar-refractivity contribution is 5.74. The molecule has 0 aliphatic heterocycles. The molecule has 0 aliphatic rings. The minimum Gasteiger partial charge on any atom is -0.238 e. The predicted octanol–water partition coefficient (Wildman–Crippen LogP) is 6.45. The molecule has 2 heteroatoms. The first-order valence-electron chi connectivity index (χ1n) is 8.21. The number of benzene rings is 3. The van der Waals surface area contributed by atoms with E-state index in [9.17, 15) is 0 Å². The van der Waals surface area contributed by atoms with Gasteiger partial charge in [-0.15, -0.1) is 0 Å². The van der Waals surface area contributed by atoms with Crippen LogP contribution in [0.4, 0.5) is 5.69 Å². The first-order chi connectivity index (χ1) is 12.8. The Bertz CT molecular complexity index is 956. The second-order valence-corrected chi connectivity index (χ2v) is 5.78. The summed E-state index contributed by atoms with van der Waals surface area (Å²) in [7, 11) is 0. The lowest BCUT2D eigenvalue weighted by atomic mass is 10.1. The number of nitrogens with zero attached hydrogens (tertiary/aromatic N) is 2. The molecule has 0 spiro atoms. The Hall–Kier alpha value is -3.88. The maximum atomic E-state index is 8.94. The summed E-state index contributed by atoms with van der Waals surface area (Å²) < 4.78 is 0. The van der Waals surface area contributed by atoms with Crippen molar-refractivity contribution < 1.29 is 0 Å². The molecule has 0 radical (unpaired) electrons. The summed E-state index contributed by atoms with van der Waals surface area (Å²) in [5, 5.41) is 8.94. The molecule has 3 aromatic rings. The zero-order chi connectivity index (χ0) is 18.2. The Morgan fingerprint density at radius 1 is 0.692 bits per heavy atom. The Labute approximate surface area is 153 Å². The molecule has 3 aromatic carbocycles. The lowest BCUT2D eigenvalue weighted by molar-refractivity contribution is 1.48. The highest BCUT2D eigenvalue weighted by atomic mass is 14.6. The normalized spacial score (nSPS) is 10.7. The van der Waals surface area contributed by atoms with E-state index in [4.69, 9.17) is 11.8 Å². The molecule has 0 fully saturated rings. The summed E-state index contributed by atoms with van der Waals surface area (Å²) in [6.07, 6.45) is 8.07. The molecular formula is C24H16N2. The lowest BCUT2D eigenvalue weighted by Crippen LogP contribution is -1.77. The van der Waals surface area contributed by atoms with Gasteiger partial charge in [0.05, 0.1) is 18.2 Å². The smallest absolute Gasteiger partial charge is 0.187 e. The minimum atomic E-state index is 0.646. The van der Waals surface area contributed by atoms with E-state index in [0.29, 0.717) is 11.3 Å². The number of nitriles is 1. The van der Waals surface area contributed by atoms with Crippen LogP contribution in [-0.2, 0) is 0 Å². The Kier molecular flexibility index (Phi) is 5.41. The van der Waals surface area contributed by atoms with E-state index in [0.717, 1.165) is 22.3 Å². The number of rotatable bonds is 4. The fraction of sp³-hybridized carbons (Fsp3) is 0. The van der Waals surface area contributed by atoms with Crippen LogP contribution in [0, 0.1) is 17.9 Å². The van der Waals surface area contributed by atoms with Crippen LogP contribution in [-0.4, -0.2) is 0 Å². The highest BCUT2D eigenvalue weighted by Gasteiger charge is 1.94. The van der Waals surface area contributed by atoms with Crippen molar-refractivity contribution in [3.63, 3.8) is 0 Å². The van der Waals surface area contributed by atoms with Gasteiger partial charge in [0.25, 0.3) is 0 Å². The fourth-order valence-corrected chi connectivity index (χ4v) is 2.51. The summed E-state index contributed by atoms with van der Waals surface area (Å²) in [5.74, 6) is 0. The summed E-state index contributed by atoms with van der Waals surface area (Å²) in [4.78, 5) is 3.44. The van der Waals surface area contributed by atoms with Gasteiger partial charge < -0.3 is 0 Å². The zero-order valence-corrected chi connectivity index (χ0v) is 14.1. The van der Waals surface area contributed by atoms with Gasteiger partial charge in [0.2, 0.25) is 0 Å². The van der Waals surface area contributed by atoms with E-state index in [-0.39, 0.29) is 0 Å². The molecule has 0 aromatic heterocycles. The van der Waals surface area contributed by atoms with Gasteiger partial charge in [0, 0.05) is 0 Å². The van der Waals surface area contributed by atoms with Crippen molar-refractivity contribution in [1.82, 2.24) is 0 Å². The minimum absolute atomic E-state index is 0.646. The van der Waals surface area contributed by atoms with Gasteiger partial charge in [-0.3, -0.25) is 0 Å². The van der Waals surface area contributed by atoms with Crippen molar-refractivity contribution in [2.45, 2.75) is 0 Å². The van der Waals surface area contributed by atoms with Crippen LogP contribution in [0.15, 0.2) is 72.8 Å². The molecule has 0 bridgehead atoms. The third-order valence-electron chi connectivity index (χ3n) is 3.89. The maximum Gasteiger partial charge on any atom is 0.187 e.